The molecule has 0 fully saturated rings. The van der Waals surface area contributed by atoms with Crippen molar-refractivity contribution in [1.82, 2.24) is 14.4 Å². The van der Waals surface area contributed by atoms with Gasteiger partial charge in [-0.15, -0.1) is 0 Å². The van der Waals surface area contributed by atoms with Crippen molar-refractivity contribution in [2.24, 2.45) is 0 Å². The van der Waals surface area contributed by atoms with E-state index in [-0.39, 0.29) is 0 Å². The monoisotopic (exact) mass is 245 g/mol. The zero-order valence-electron chi connectivity index (χ0n) is 12.5. The van der Waals surface area contributed by atoms with Crippen LogP contribution in [0.2, 0.25) is 18.1 Å². The quantitative estimate of drug-likeness (QED) is 0.502. The minimum absolute atomic E-state index is 0.564. The van der Waals surface area contributed by atoms with Gasteiger partial charge < -0.3 is 4.57 Å². The van der Waals surface area contributed by atoms with Crippen LogP contribution in [0.25, 0.3) is 0 Å². The maximum atomic E-state index is 2.53. The van der Waals surface area contributed by atoms with E-state index in [1.54, 1.807) is 0 Å². The van der Waals surface area contributed by atoms with Gasteiger partial charge >= 0.3 is 0 Å². The van der Waals surface area contributed by atoms with Gasteiger partial charge in [-0.2, -0.15) is 0 Å². The average molecular weight is 245 g/mol. The lowest BCUT2D eigenvalue weighted by Gasteiger charge is -2.42. The maximum Gasteiger partial charge on any atom is 0.130 e. The van der Waals surface area contributed by atoms with Crippen molar-refractivity contribution in [1.29, 1.82) is 0 Å². The van der Waals surface area contributed by atoms with Gasteiger partial charge in [0.2, 0.25) is 0 Å². The predicted molar refractivity (Wildman–Crippen MR) is 76.4 cm³/mol. The van der Waals surface area contributed by atoms with Crippen LogP contribution in [0.4, 0.5) is 0 Å². The van der Waals surface area contributed by atoms with E-state index in [1.165, 1.54) is 18.1 Å². The van der Waals surface area contributed by atoms with Gasteiger partial charge in [-0.25, -0.2) is 0 Å². The Bertz CT molecular complexity index is 181. The molecule has 0 heterocycles. The van der Waals surface area contributed by atoms with E-state index in [9.17, 15) is 0 Å². The van der Waals surface area contributed by atoms with Gasteiger partial charge in [0.1, 0.15) is 8.24 Å². The van der Waals surface area contributed by atoms with Crippen molar-refractivity contribution in [3.63, 3.8) is 0 Å². The zero-order chi connectivity index (χ0) is 12.9. The number of nitrogens with zero attached hydrogens (tertiary/aromatic N) is 3. The first-order valence-corrected chi connectivity index (χ1v) is 8.87. The zero-order valence-corrected chi connectivity index (χ0v) is 13.5. The third kappa shape index (κ3) is 3.84. The molecule has 16 heavy (non-hydrogen) atoms. The highest BCUT2D eigenvalue weighted by Gasteiger charge is 2.36. The highest BCUT2D eigenvalue weighted by molar-refractivity contribution is 6.77. The first-order valence-electron chi connectivity index (χ1n) is 6.31. The second-order valence-corrected chi connectivity index (χ2v) is 10.6. The van der Waals surface area contributed by atoms with E-state index in [0.29, 0.717) is 6.17 Å². The summed E-state index contributed by atoms with van der Waals surface area (Å²) in [6.07, 6.45) is 0.564. The third-order valence-corrected chi connectivity index (χ3v) is 9.67. The summed E-state index contributed by atoms with van der Waals surface area (Å²) in [6.45, 7) is 4.72. The average Bonchev–Trinajstić information content (AvgIpc) is 2.18. The highest BCUT2D eigenvalue weighted by atomic mass is 28.3. The molecule has 0 aromatic rings. The first kappa shape index (κ1) is 16.1. The van der Waals surface area contributed by atoms with E-state index in [4.69, 9.17) is 0 Å². The van der Waals surface area contributed by atoms with Gasteiger partial charge in [0.25, 0.3) is 0 Å². The van der Waals surface area contributed by atoms with Crippen molar-refractivity contribution in [3.8, 4) is 0 Å². The number of hydrogen-bond acceptors (Lipinski definition) is 3. The molecule has 0 aromatic carbocycles. The molecule has 3 nitrogen and oxygen atoms in total. The molecule has 0 aliphatic carbocycles. The Morgan fingerprint density at radius 3 is 1.38 bits per heavy atom. The molecular formula is C12H31N3Si. The maximum absolute atomic E-state index is 2.53. The molecule has 0 bridgehead atoms. The van der Waals surface area contributed by atoms with Crippen molar-refractivity contribution in [2.45, 2.75) is 38.1 Å². The van der Waals surface area contributed by atoms with Gasteiger partial charge in [0.05, 0.1) is 6.17 Å². The summed E-state index contributed by atoms with van der Waals surface area (Å²) in [5.74, 6) is 0. The van der Waals surface area contributed by atoms with Gasteiger partial charge in [-0.1, -0.05) is 13.8 Å². The molecule has 0 aliphatic heterocycles. The predicted octanol–water partition coefficient (Wildman–Crippen LogP) is 1.98. The van der Waals surface area contributed by atoms with Gasteiger partial charge in [-0.3, -0.25) is 9.80 Å². The standard InChI is InChI=1S/C12H31N3Si/c1-9-16(10-2,15(7)8)11-12(13(3)4)14(5)6/h12H,9-11H2,1-8H3. The minimum atomic E-state index is -1.26. The van der Waals surface area contributed by atoms with E-state index in [1.807, 2.05) is 0 Å². The van der Waals surface area contributed by atoms with Gasteiger partial charge in [0.15, 0.2) is 0 Å². The van der Waals surface area contributed by atoms with E-state index < -0.39 is 8.24 Å². The lowest BCUT2D eigenvalue weighted by molar-refractivity contribution is 0.143. The molecule has 0 atom stereocenters. The number of rotatable bonds is 7. The summed E-state index contributed by atoms with van der Waals surface area (Å²) < 4.78 is 2.53. The van der Waals surface area contributed by atoms with Gasteiger partial charge in [0, 0.05) is 0 Å². The van der Waals surface area contributed by atoms with Crippen molar-refractivity contribution in [2.75, 3.05) is 42.3 Å². The summed E-state index contributed by atoms with van der Waals surface area (Å²) in [5.41, 5.74) is 0. The molecule has 0 unspecified atom stereocenters. The minimum Gasteiger partial charge on any atom is -0.329 e. The summed E-state index contributed by atoms with van der Waals surface area (Å²) in [4.78, 5) is 4.69. The van der Waals surface area contributed by atoms with Crippen LogP contribution in [0.15, 0.2) is 0 Å². The normalized spacial score (nSPS) is 13.5. The Hall–Kier alpha value is 0.0969. The molecule has 98 valence electrons. The van der Waals surface area contributed by atoms with Crippen LogP contribution in [0, 0.1) is 0 Å². The summed E-state index contributed by atoms with van der Waals surface area (Å²) in [6, 6.07) is 4.01. The smallest absolute Gasteiger partial charge is 0.130 e. The molecule has 0 saturated carbocycles. The summed E-state index contributed by atoms with van der Waals surface area (Å²) >= 11 is 0. The van der Waals surface area contributed by atoms with Crippen molar-refractivity contribution in [3.05, 3.63) is 0 Å². The number of hydrogen-bond donors (Lipinski definition) is 0. The van der Waals surface area contributed by atoms with E-state index in [2.05, 4.69) is 70.5 Å². The molecule has 0 N–H and O–H groups in total. The Morgan fingerprint density at radius 1 is 0.812 bits per heavy atom. The Morgan fingerprint density at radius 2 is 1.19 bits per heavy atom. The molecule has 4 heteroatoms. The fourth-order valence-corrected chi connectivity index (χ4v) is 6.64. The molecule has 0 spiro atoms. The molecule has 0 aliphatic rings. The first-order chi connectivity index (χ1) is 7.30. The summed E-state index contributed by atoms with van der Waals surface area (Å²) in [7, 11) is 12.0. The van der Waals surface area contributed by atoms with E-state index in [0.717, 1.165) is 0 Å². The Balaban J connectivity index is 4.84. The molecule has 0 amide bonds. The molecule has 0 aromatic heterocycles. The molecule has 0 radical (unpaired) electrons. The van der Waals surface area contributed by atoms with Crippen LogP contribution in [-0.4, -0.2) is 71.1 Å². The van der Waals surface area contributed by atoms with Crippen molar-refractivity contribution >= 4 is 8.24 Å². The SMILES string of the molecule is CC[Si](CC)(CC(N(C)C)N(C)C)N(C)C. The van der Waals surface area contributed by atoms with Crippen LogP contribution in [-0.2, 0) is 0 Å². The van der Waals surface area contributed by atoms with Crippen LogP contribution in [0.1, 0.15) is 13.8 Å². The third-order valence-electron chi connectivity index (χ3n) is 4.02. The summed E-state index contributed by atoms with van der Waals surface area (Å²) in [5, 5.41) is 0. The van der Waals surface area contributed by atoms with Gasteiger partial charge in [-0.05, 0) is 60.4 Å². The largest absolute Gasteiger partial charge is 0.329 e. The lowest BCUT2D eigenvalue weighted by atomic mass is 10.5. The van der Waals surface area contributed by atoms with Crippen LogP contribution < -0.4 is 0 Å². The fraction of sp³-hybridized carbons (Fsp3) is 1.00. The van der Waals surface area contributed by atoms with Crippen LogP contribution in [0.3, 0.4) is 0 Å². The fourth-order valence-electron chi connectivity index (χ4n) is 2.52. The Kier molecular flexibility index (Phi) is 6.78. The van der Waals surface area contributed by atoms with Crippen molar-refractivity contribution < 1.29 is 0 Å². The topological polar surface area (TPSA) is 9.72 Å². The molecule has 0 rings (SSSR count). The second kappa shape index (κ2) is 6.74. The lowest BCUT2D eigenvalue weighted by Crippen LogP contribution is -2.55. The molecule has 0 saturated heterocycles. The second-order valence-electron chi connectivity index (χ2n) is 5.44. The highest BCUT2D eigenvalue weighted by Crippen LogP contribution is 2.26. The van der Waals surface area contributed by atoms with Crippen LogP contribution in [0.5, 0.6) is 0 Å². The van der Waals surface area contributed by atoms with Crippen LogP contribution >= 0.6 is 0 Å². The Labute approximate surface area is 103 Å². The van der Waals surface area contributed by atoms with E-state index >= 15 is 0 Å². The molecular weight excluding hydrogens is 214 g/mol.